The first-order valence-corrected chi connectivity index (χ1v) is 10.3. The van der Waals surface area contributed by atoms with Crippen molar-refractivity contribution in [2.75, 3.05) is 39.3 Å². The first-order chi connectivity index (χ1) is 13.0. The second-order valence-corrected chi connectivity index (χ2v) is 7.49. The molecule has 7 nitrogen and oxygen atoms in total. The molecule has 0 saturated carbocycles. The molecule has 7 heteroatoms. The fourth-order valence-electron chi connectivity index (χ4n) is 3.37. The van der Waals surface area contributed by atoms with Gasteiger partial charge >= 0.3 is 0 Å². The van der Waals surface area contributed by atoms with Crippen LogP contribution in [0.4, 0.5) is 0 Å². The van der Waals surface area contributed by atoms with E-state index in [4.69, 9.17) is 14.3 Å². The van der Waals surface area contributed by atoms with Gasteiger partial charge in [-0.25, -0.2) is 0 Å². The van der Waals surface area contributed by atoms with Crippen LogP contribution in [-0.4, -0.2) is 67.5 Å². The number of rotatable bonds is 9. The molecular formula is C20H37N5O2. The summed E-state index contributed by atoms with van der Waals surface area (Å²) in [6, 6.07) is 0.476. The third-order valence-electron chi connectivity index (χ3n) is 4.94. The average molecular weight is 380 g/mol. The van der Waals surface area contributed by atoms with E-state index in [2.05, 4.69) is 41.5 Å². The topological polar surface area (TPSA) is 74.9 Å². The molecule has 1 aliphatic heterocycles. The van der Waals surface area contributed by atoms with Gasteiger partial charge in [0.15, 0.2) is 5.96 Å². The van der Waals surface area contributed by atoms with Crippen molar-refractivity contribution in [2.45, 2.75) is 66.0 Å². The second kappa shape index (κ2) is 11.3. The number of guanidine groups is 1. The molecule has 0 aliphatic carbocycles. The molecule has 0 spiro atoms. The average Bonchev–Trinajstić information content (AvgIpc) is 2.95. The summed E-state index contributed by atoms with van der Waals surface area (Å²) in [5.74, 6) is 1.81. The van der Waals surface area contributed by atoms with Gasteiger partial charge in [0.05, 0.1) is 18.4 Å². The molecule has 1 fully saturated rings. The molecule has 1 saturated heterocycles. The van der Waals surface area contributed by atoms with Gasteiger partial charge in [-0.3, -0.25) is 4.99 Å². The van der Waals surface area contributed by atoms with Crippen LogP contribution in [0.25, 0.3) is 0 Å². The molecule has 1 aromatic heterocycles. The Labute approximate surface area is 163 Å². The Kier molecular flexibility index (Phi) is 9.07. The van der Waals surface area contributed by atoms with Crippen molar-refractivity contribution in [1.29, 1.82) is 0 Å². The van der Waals surface area contributed by atoms with Crippen molar-refractivity contribution >= 4 is 5.96 Å². The molecule has 0 aromatic carbocycles. The predicted molar refractivity (Wildman–Crippen MR) is 109 cm³/mol. The monoisotopic (exact) mass is 379 g/mol. The fraction of sp³-hybridized carbons (Fsp3) is 0.800. The Hall–Kier alpha value is -1.60. The number of aryl methyl sites for hydroxylation is 2. The highest BCUT2D eigenvalue weighted by molar-refractivity contribution is 5.80. The Bertz CT molecular complexity index is 557. The zero-order valence-corrected chi connectivity index (χ0v) is 17.7. The maximum absolute atomic E-state index is 5.66. The number of hydrogen-bond acceptors (Lipinski definition) is 5. The van der Waals surface area contributed by atoms with Crippen molar-refractivity contribution in [3.05, 3.63) is 17.0 Å². The highest BCUT2D eigenvalue weighted by Crippen LogP contribution is 2.13. The normalized spacial score (nSPS) is 16.9. The minimum Gasteiger partial charge on any atom is -0.377 e. The first-order valence-electron chi connectivity index (χ1n) is 10.3. The largest absolute Gasteiger partial charge is 0.377 e. The molecule has 2 heterocycles. The summed E-state index contributed by atoms with van der Waals surface area (Å²) in [6.07, 6.45) is 3.44. The number of aliphatic imine (C=N–C) groups is 1. The zero-order valence-electron chi connectivity index (χ0n) is 17.7. The van der Waals surface area contributed by atoms with Crippen molar-refractivity contribution < 1.29 is 9.26 Å². The molecule has 1 aromatic rings. The number of ether oxygens (including phenoxy) is 1. The summed E-state index contributed by atoms with van der Waals surface area (Å²) in [7, 11) is 0. The van der Waals surface area contributed by atoms with E-state index in [0.29, 0.717) is 12.1 Å². The number of aromatic nitrogens is 1. The van der Waals surface area contributed by atoms with Crippen LogP contribution in [0.3, 0.4) is 0 Å². The fourth-order valence-corrected chi connectivity index (χ4v) is 3.37. The maximum atomic E-state index is 5.66. The van der Waals surface area contributed by atoms with Crippen LogP contribution in [0.2, 0.25) is 0 Å². The third-order valence-corrected chi connectivity index (χ3v) is 4.94. The summed E-state index contributed by atoms with van der Waals surface area (Å²) < 4.78 is 10.9. The Balaban J connectivity index is 1.75. The summed E-state index contributed by atoms with van der Waals surface area (Å²) in [6.45, 7) is 15.9. The lowest BCUT2D eigenvalue weighted by Gasteiger charge is -2.33. The molecule has 1 aliphatic rings. The highest BCUT2D eigenvalue weighted by atomic mass is 16.5. The number of piperidine rings is 1. The van der Waals surface area contributed by atoms with Gasteiger partial charge in [-0.05, 0) is 53.9 Å². The van der Waals surface area contributed by atoms with Crippen LogP contribution >= 0.6 is 0 Å². The van der Waals surface area contributed by atoms with Crippen molar-refractivity contribution in [1.82, 2.24) is 20.7 Å². The lowest BCUT2D eigenvalue weighted by atomic mass is 10.1. The Morgan fingerprint density at radius 3 is 2.67 bits per heavy atom. The van der Waals surface area contributed by atoms with E-state index in [1.54, 1.807) is 0 Å². The summed E-state index contributed by atoms with van der Waals surface area (Å²) in [4.78, 5) is 7.23. The van der Waals surface area contributed by atoms with E-state index >= 15 is 0 Å². The number of hydrogen-bond donors (Lipinski definition) is 2. The van der Waals surface area contributed by atoms with Gasteiger partial charge in [0.1, 0.15) is 5.76 Å². The molecule has 0 atom stereocenters. The zero-order chi connectivity index (χ0) is 19.6. The lowest BCUT2D eigenvalue weighted by molar-refractivity contribution is 0.0532. The van der Waals surface area contributed by atoms with E-state index in [0.717, 1.165) is 76.0 Å². The summed E-state index contributed by atoms with van der Waals surface area (Å²) >= 11 is 0. The quantitative estimate of drug-likeness (QED) is 0.506. The predicted octanol–water partition coefficient (Wildman–Crippen LogP) is 2.28. The van der Waals surface area contributed by atoms with E-state index in [9.17, 15) is 0 Å². The first kappa shape index (κ1) is 21.7. The smallest absolute Gasteiger partial charge is 0.191 e. The standard InChI is InChI=1S/C20H37N5O2/c1-6-21-20(22-10-7-19-16(4)24-27-17(19)5)23-18-8-11-25(12-9-18)13-14-26-15(2)3/h15,18H,6-14H2,1-5H3,(H2,21,22,23). The number of nitrogens with one attached hydrogen (secondary N) is 2. The molecule has 2 rings (SSSR count). The molecule has 0 unspecified atom stereocenters. The van der Waals surface area contributed by atoms with E-state index < -0.39 is 0 Å². The minimum atomic E-state index is 0.313. The SMILES string of the molecule is CCNC(=NCCc1c(C)noc1C)NC1CCN(CCOC(C)C)CC1. The van der Waals surface area contributed by atoms with Crippen LogP contribution in [0, 0.1) is 13.8 Å². The summed E-state index contributed by atoms with van der Waals surface area (Å²) in [5.41, 5.74) is 2.14. The van der Waals surface area contributed by atoms with Gasteiger partial charge in [0.25, 0.3) is 0 Å². The van der Waals surface area contributed by atoms with Crippen LogP contribution in [0.15, 0.2) is 9.52 Å². The molecule has 27 heavy (non-hydrogen) atoms. The van der Waals surface area contributed by atoms with Gasteiger partial charge in [-0.2, -0.15) is 0 Å². The third kappa shape index (κ3) is 7.50. The molecule has 0 radical (unpaired) electrons. The van der Waals surface area contributed by atoms with Crippen LogP contribution < -0.4 is 10.6 Å². The molecular weight excluding hydrogens is 342 g/mol. The van der Waals surface area contributed by atoms with Crippen LogP contribution in [0.5, 0.6) is 0 Å². The Morgan fingerprint density at radius 2 is 2.07 bits per heavy atom. The molecule has 2 N–H and O–H groups in total. The van der Waals surface area contributed by atoms with Crippen LogP contribution in [0.1, 0.15) is 50.6 Å². The van der Waals surface area contributed by atoms with E-state index in [-0.39, 0.29) is 0 Å². The molecule has 154 valence electrons. The van der Waals surface area contributed by atoms with Gasteiger partial charge in [-0.1, -0.05) is 5.16 Å². The number of likely N-dealkylation sites (tertiary alicyclic amines) is 1. The van der Waals surface area contributed by atoms with Crippen LogP contribution in [-0.2, 0) is 11.2 Å². The second-order valence-electron chi connectivity index (χ2n) is 7.49. The van der Waals surface area contributed by atoms with Crippen molar-refractivity contribution in [2.24, 2.45) is 4.99 Å². The van der Waals surface area contributed by atoms with E-state index in [1.807, 2.05) is 13.8 Å². The Morgan fingerprint density at radius 1 is 1.33 bits per heavy atom. The van der Waals surface area contributed by atoms with Gasteiger partial charge in [-0.15, -0.1) is 0 Å². The lowest BCUT2D eigenvalue weighted by Crippen LogP contribution is -2.49. The van der Waals surface area contributed by atoms with E-state index in [1.165, 1.54) is 5.56 Å². The van der Waals surface area contributed by atoms with Crippen molar-refractivity contribution in [3.63, 3.8) is 0 Å². The van der Waals surface area contributed by atoms with Gasteiger partial charge < -0.3 is 24.8 Å². The van der Waals surface area contributed by atoms with Gasteiger partial charge in [0.2, 0.25) is 0 Å². The van der Waals surface area contributed by atoms with Crippen molar-refractivity contribution in [3.8, 4) is 0 Å². The van der Waals surface area contributed by atoms with Gasteiger partial charge in [0, 0.05) is 44.3 Å². The summed E-state index contributed by atoms with van der Waals surface area (Å²) in [5, 5.41) is 11.0. The highest BCUT2D eigenvalue weighted by Gasteiger charge is 2.19. The number of nitrogens with zero attached hydrogens (tertiary/aromatic N) is 3. The molecule has 0 amide bonds. The minimum absolute atomic E-state index is 0.313. The maximum Gasteiger partial charge on any atom is 0.191 e. The molecule has 0 bridgehead atoms.